The number of esters is 1. The van der Waals surface area contributed by atoms with E-state index in [0.717, 1.165) is 25.7 Å². The summed E-state index contributed by atoms with van der Waals surface area (Å²) in [4.78, 5) is 26.1. The summed E-state index contributed by atoms with van der Waals surface area (Å²) in [5, 5.41) is 0. The van der Waals surface area contributed by atoms with E-state index in [1.165, 1.54) is 0 Å². The van der Waals surface area contributed by atoms with Gasteiger partial charge in [-0.05, 0) is 32.1 Å². The number of nitrogens with zero attached hydrogens (tertiary/aromatic N) is 1. The van der Waals surface area contributed by atoms with Crippen LogP contribution in [0.3, 0.4) is 0 Å². The molecular formula is C17H27NO5S. The Morgan fingerprint density at radius 1 is 1.25 bits per heavy atom. The zero-order valence-electron chi connectivity index (χ0n) is 14.3. The second-order valence-corrected chi connectivity index (χ2v) is 8.82. The summed E-state index contributed by atoms with van der Waals surface area (Å²) >= 11 is 0. The molecule has 6 nitrogen and oxygen atoms in total. The zero-order chi connectivity index (χ0) is 17.6. The summed E-state index contributed by atoms with van der Waals surface area (Å²) in [6.45, 7) is 2.24. The van der Waals surface area contributed by atoms with E-state index in [-0.39, 0.29) is 41.9 Å². The molecule has 0 aromatic heterocycles. The SMILES string of the molecule is CCCCN(C(=O)COC(=O)C1CC=CCC1)C1CCS(=O)(=O)C1. The number of allylic oxidation sites excluding steroid dienone is 2. The summed E-state index contributed by atoms with van der Waals surface area (Å²) in [7, 11) is -3.06. The first-order chi connectivity index (χ1) is 11.4. The van der Waals surface area contributed by atoms with Gasteiger partial charge in [0.2, 0.25) is 0 Å². The van der Waals surface area contributed by atoms with Crippen molar-refractivity contribution in [1.29, 1.82) is 0 Å². The van der Waals surface area contributed by atoms with E-state index in [1.807, 2.05) is 19.1 Å². The van der Waals surface area contributed by atoms with Crippen molar-refractivity contribution in [2.45, 2.75) is 51.5 Å². The van der Waals surface area contributed by atoms with E-state index >= 15 is 0 Å². The number of hydrogen-bond donors (Lipinski definition) is 0. The van der Waals surface area contributed by atoms with Crippen molar-refractivity contribution in [3.63, 3.8) is 0 Å². The Morgan fingerprint density at radius 2 is 2.04 bits per heavy atom. The monoisotopic (exact) mass is 357 g/mol. The van der Waals surface area contributed by atoms with Gasteiger partial charge in [0.1, 0.15) is 0 Å². The minimum atomic E-state index is -3.06. The van der Waals surface area contributed by atoms with Gasteiger partial charge in [0.05, 0.1) is 17.4 Å². The first kappa shape index (κ1) is 19.0. The lowest BCUT2D eigenvalue weighted by Crippen LogP contribution is -2.44. The number of amides is 1. The molecule has 0 bridgehead atoms. The van der Waals surface area contributed by atoms with Crippen LogP contribution in [0.25, 0.3) is 0 Å². The second kappa shape index (κ2) is 8.65. The Kier molecular flexibility index (Phi) is 6.83. The third kappa shape index (κ3) is 5.33. The molecule has 0 spiro atoms. The van der Waals surface area contributed by atoms with Gasteiger partial charge in [0.15, 0.2) is 16.4 Å². The maximum Gasteiger partial charge on any atom is 0.309 e. The Labute approximate surface area is 144 Å². The van der Waals surface area contributed by atoms with Gasteiger partial charge in [0.25, 0.3) is 5.91 Å². The summed E-state index contributed by atoms with van der Waals surface area (Å²) in [6, 6.07) is -0.287. The van der Waals surface area contributed by atoms with E-state index in [2.05, 4.69) is 0 Å². The predicted molar refractivity (Wildman–Crippen MR) is 91.1 cm³/mol. The third-order valence-electron chi connectivity index (χ3n) is 4.66. The predicted octanol–water partition coefficient (Wildman–Crippen LogP) is 1.70. The standard InChI is InChI=1S/C17H27NO5S/c1-2-3-10-18(15-9-11-24(21,22)13-15)16(19)12-23-17(20)14-7-5-4-6-8-14/h4-5,14-15H,2-3,6-13H2,1H3. The fourth-order valence-electron chi connectivity index (χ4n) is 3.20. The fourth-order valence-corrected chi connectivity index (χ4v) is 4.93. The molecule has 0 saturated carbocycles. The zero-order valence-corrected chi connectivity index (χ0v) is 15.1. The number of ether oxygens (including phenoxy) is 1. The molecule has 2 aliphatic rings. The summed E-state index contributed by atoms with van der Waals surface area (Å²) in [6.07, 6.45) is 8.48. The van der Waals surface area contributed by atoms with Gasteiger partial charge in [-0.15, -0.1) is 0 Å². The van der Waals surface area contributed by atoms with Gasteiger partial charge in [-0.2, -0.15) is 0 Å². The molecule has 1 aliphatic heterocycles. The Bertz CT molecular complexity index is 584. The molecule has 0 aromatic rings. The number of sulfone groups is 1. The van der Waals surface area contributed by atoms with Gasteiger partial charge >= 0.3 is 5.97 Å². The highest BCUT2D eigenvalue weighted by Crippen LogP contribution is 2.21. The van der Waals surface area contributed by atoms with Gasteiger partial charge < -0.3 is 9.64 Å². The van der Waals surface area contributed by atoms with Crippen molar-refractivity contribution >= 4 is 21.7 Å². The van der Waals surface area contributed by atoms with Crippen LogP contribution < -0.4 is 0 Å². The van der Waals surface area contributed by atoms with E-state index in [0.29, 0.717) is 19.4 Å². The summed E-state index contributed by atoms with van der Waals surface area (Å²) in [5.41, 5.74) is 0. The van der Waals surface area contributed by atoms with E-state index < -0.39 is 9.84 Å². The highest BCUT2D eigenvalue weighted by Gasteiger charge is 2.34. The van der Waals surface area contributed by atoms with Crippen LogP contribution in [0.1, 0.15) is 45.4 Å². The maximum atomic E-state index is 12.5. The lowest BCUT2D eigenvalue weighted by atomic mass is 9.95. The Hall–Kier alpha value is -1.37. The molecule has 1 fully saturated rings. The first-order valence-electron chi connectivity index (χ1n) is 8.74. The average molecular weight is 357 g/mol. The molecule has 1 saturated heterocycles. The number of unbranched alkanes of at least 4 members (excludes halogenated alkanes) is 1. The molecule has 136 valence electrons. The largest absolute Gasteiger partial charge is 0.455 e. The second-order valence-electron chi connectivity index (χ2n) is 6.59. The lowest BCUT2D eigenvalue weighted by Gasteiger charge is -2.28. The number of carbonyl (C=O) groups excluding carboxylic acids is 2. The van der Waals surface area contributed by atoms with Crippen LogP contribution >= 0.6 is 0 Å². The molecule has 24 heavy (non-hydrogen) atoms. The van der Waals surface area contributed by atoms with Crippen LogP contribution in [-0.4, -0.2) is 55.9 Å². The van der Waals surface area contributed by atoms with Crippen molar-refractivity contribution in [2.24, 2.45) is 5.92 Å². The minimum Gasteiger partial charge on any atom is -0.455 e. The van der Waals surface area contributed by atoms with Crippen LogP contribution in [0.4, 0.5) is 0 Å². The molecule has 0 aromatic carbocycles. The van der Waals surface area contributed by atoms with Crippen molar-refractivity contribution in [2.75, 3.05) is 24.7 Å². The quantitative estimate of drug-likeness (QED) is 0.512. The minimum absolute atomic E-state index is 0.0177. The van der Waals surface area contributed by atoms with Crippen LogP contribution in [-0.2, 0) is 24.2 Å². The number of hydrogen-bond acceptors (Lipinski definition) is 5. The van der Waals surface area contributed by atoms with Crippen molar-refractivity contribution in [3.8, 4) is 0 Å². The molecule has 0 radical (unpaired) electrons. The van der Waals surface area contributed by atoms with Crippen LogP contribution in [0, 0.1) is 5.92 Å². The molecule has 1 aliphatic carbocycles. The molecule has 2 unspecified atom stereocenters. The highest BCUT2D eigenvalue weighted by atomic mass is 32.2. The molecule has 2 atom stereocenters. The highest BCUT2D eigenvalue weighted by molar-refractivity contribution is 7.91. The fraction of sp³-hybridized carbons (Fsp3) is 0.765. The van der Waals surface area contributed by atoms with Crippen molar-refractivity contribution < 1.29 is 22.7 Å². The van der Waals surface area contributed by atoms with Crippen LogP contribution in [0.15, 0.2) is 12.2 Å². The normalized spacial score (nSPS) is 25.4. The topological polar surface area (TPSA) is 80.8 Å². The van der Waals surface area contributed by atoms with Gasteiger partial charge in [-0.1, -0.05) is 25.5 Å². The van der Waals surface area contributed by atoms with Gasteiger partial charge in [-0.3, -0.25) is 9.59 Å². The Balaban J connectivity index is 1.90. The first-order valence-corrected chi connectivity index (χ1v) is 10.6. The van der Waals surface area contributed by atoms with Gasteiger partial charge in [0, 0.05) is 12.6 Å². The van der Waals surface area contributed by atoms with Crippen molar-refractivity contribution in [3.05, 3.63) is 12.2 Å². The molecule has 7 heteroatoms. The molecule has 1 heterocycles. The summed E-state index contributed by atoms with van der Waals surface area (Å²) < 4.78 is 28.6. The Morgan fingerprint density at radius 3 is 2.62 bits per heavy atom. The maximum absolute atomic E-state index is 12.5. The third-order valence-corrected chi connectivity index (χ3v) is 6.41. The van der Waals surface area contributed by atoms with E-state index in [4.69, 9.17) is 4.74 Å². The van der Waals surface area contributed by atoms with E-state index in [1.54, 1.807) is 4.90 Å². The number of carbonyl (C=O) groups is 2. The molecule has 2 rings (SSSR count). The van der Waals surface area contributed by atoms with Crippen LogP contribution in [0.5, 0.6) is 0 Å². The van der Waals surface area contributed by atoms with E-state index in [9.17, 15) is 18.0 Å². The van der Waals surface area contributed by atoms with Crippen molar-refractivity contribution in [1.82, 2.24) is 4.90 Å². The lowest BCUT2D eigenvalue weighted by molar-refractivity contribution is -0.156. The molecule has 1 amide bonds. The van der Waals surface area contributed by atoms with Crippen LogP contribution in [0.2, 0.25) is 0 Å². The summed E-state index contributed by atoms with van der Waals surface area (Å²) in [5.74, 6) is -0.642. The smallest absolute Gasteiger partial charge is 0.309 e. The molecular weight excluding hydrogens is 330 g/mol. The van der Waals surface area contributed by atoms with Gasteiger partial charge in [-0.25, -0.2) is 8.42 Å². The molecule has 0 N–H and O–H groups in total. The number of rotatable bonds is 7. The average Bonchev–Trinajstić information content (AvgIpc) is 2.93.